The summed E-state index contributed by atoms with van der Waals surface area (Å²) in [6.07, 6.45) is 2.89. The first-order valence-corrected chi connectivity index (χ1v) is 7.03. The van der Waals surface area contributed by atoms with E-state index in [9.17, 15) is 14.3 Å². The highest BCUT2D eigenvalue weighted by molar-refractivity contribution is 8.01. The normalized spacial score (nSPS) is 11.5. The van der Waals surface area contributed by atoms with Crippen molar-refractivity contribution >= 4 is 17.7 Å². The van der Waals surface area contributed by atoms with Crippen LogP contribution in [-0.4, -0.2) is 15.8 Å². The van der Waals surface area contributed by atoms with E-state index in [-0.39, 0.29) is 5.82 Å². The minimum atomic E-state index is -0.790. The fourth-order valence-electron chi connectivity index (χ4n) is 2.02. The maximum atomic E-state index is 12.8. The fraction of sp³-hybridized carbons (Fsp3) is 0.500. The van der Waals surface area contributed by atoms with Crippen molar-refractivity contribution < 1.29 is 14.3 Å². The monoisotopic (exact) mass is 270 g/mol. The first kappa shape index (κ1) is 15.0. The number of hydrogen-bond acceptors (Lipinski definition) is 2. The average Bonchev–Trinajstić information content (AvgIpc) is 2.32. The summed E-state index contributed by atoms with van der Waals surface area (Å²) in [7, 11) is 0. The van der Waals surface area contributed by atoms with Crippen LogP contribution in [0.4, 0.5) is 4.39 Å². The van der Waals surface area contributed by atoms with Crippen LogP contribution in [0, 0.1) is 5.82 Å². The molecule has 0 aliphatic rings. The Morgan fingerprint density at radius 2 is 1.72 bits per heavy atom. The van der Waals surface area contributed by atoms with Crippen LogP contribution in [0.5, 0.6) is 0 Å². The molecule has 100 valence electrons. The number of thioether (sulfide) groups is 1. The van der Waals surface area contributed by atoms with Crippen molar-refractivity contribution in [1.82, 2.24) is 0 Å². The van der Waals surface area contributed by atoms with Crippen LogP contribution >= 0.6 is 11.8 Å². The molecule has 0 aromatic heterocycles. The van der Waals surface area contributed by atoms with Crippen LogP contribution in [0.25, 0.3) is 0 Å². The third-order valence-corrected chi connectivity index (χ3v) is 4.31. The fourth-order valence-corrected chi connectivity index (χ4v) is 3.44. The van der Waals surface area contributed by atoms with Gasteiger partial charge in [0, 0.05) is 4.90 Å². The van der Waals surface area contributed by atoms with Crippen LogP contribution in [-0.2, 0) is 4.79 Å². The lowest BCUT2D eigenvalue weighted by atomic mass is 9.97. The van der Waals surface area contributed by atoms with Crippen LogP contribution in [0.1, 0.15) is 39.5 Å². The van der Waals surface area contributed by atoms with Crippen molar-refractivity contribution in [3.8, 4) is 0 Å². The molecule has 0 bridgehead atoms. The number of aliphatic carboxylic acids is 1. The Kier molecular flexibility index (Phi) is 5.66. The molecule has 0 radical (unpaired) electrons. The van der Waals surface area contributed by atoms with E-state index in [1.807, 2.05) is 13.8 Å². The van der Waals surface area contributed by atoms with Gasteiger partial charge in [0.05, 0.1) is 0 Å². The Morgan fingerprint density at radius 3 is 2.11 bits per heavy atom. The van der Waals surface area contributed by atoms with Gasteiger partial charge in [0.25, 0.3) is 0 Å². The molecule has 1 aromatic carbocycles. The van der Waals surface area contributed by atoms with Gasteiger partial charge in [-0.05, 0) is 37.1 Å². The average molecular weight is 270 g/mol. The first-order valence-electron chi connectivity index (χ1n) is 6.22. The van der Waals surface area contributed by atoms with Gasteiger partial charge in [-0.15, -0.1) is 11.8 Å². The number of carboxylic acid groups (broad SMARTS) is 1. The summed E-state index contributed by atoms with van der Waals surface area (Å²) in [6.45, 7) is 3.97. The Balaban J connectivity index is 2.95. The van der Waals surface area contributed by atoms with Gasteiger partial charge in [-0.2, -0.15) is 0 Å². The molecule has 0 saturated heterocycles. The first-order chi connectivity index (χ1) is 8.54. The van der Waals surface area contributed by atoms with E-state index in [4.69, 9.17) is 0 Å². The maximum Gasteiger partial charge on any atom is 0.320 e. The highest BCUT2D eigenvalue weighted by Gasteiger charge is 2.37. The lowest BCUT2D eigenvalue weighted by Crippen LogP contribution is -2.34. The Bertz CT molecular complexity index is 383. The molecule has 0 atom stereocenters. The lowest BCUT2D eigenvalue weighted by molar-refractivity contribution is -0.140. The Labute approximate surface area is 112 Å². The zero-order chi connectivity index (χ0) is 13.6. The number of halogens is 1. The molecule has 2 nitrogen and oxygen atoms in total. The van der Waals surface area contributed by atoms with Crippen molar-refractivity contribution in [1.29, 1.82) is 0 Å². The van der Waals surface area contributed by atoms with Crippen LogP contribution in [0.3, 0.4) is 0 Å². The van der Waals surface area contributed by atoms with E-state index < -0.39 is 10.7 Å². The largest absolute Gasteiger partial charge is 0.480 e. The second-order valence-corrected chi connectivity index (χ2v) is 5.81. The molecule has 18 heavy (non-hydrogen) atoms. The van der Waals surface area contributed by atoms with Crippen molar-refractivity contribution in [2.75, 3.05) is 0 Å². The van der Waals surface area contributed by atoms with E-state index in [0.29, 0.717) is 12.8 Å². The van der Waals surface area contributed by atoms with Crippen LogP contribution < -0.4 is 0 Å². The quantitative estimate of drug-likeness (QED) is 0.749. The summed E-state index contributed by atoms with van der Waals surface area (Å²) in [6, 6.07) is 6.02. The van der Waals surface area contributed by atoms with Gasteiger partial charge in [-0.25, -0.2) is 4.39 Å². The molecule has 0 spiro atoms. The minimum absolute atomic E-state index is 0.300. The standard InChI is InChI=1S/C14H19FO2S/c1-3-9-14(10-4-2,13(16)17)18-12-7-5-11(15)6-8-12/h5-8H,3-4,9-10H2,1-2H3,(H,16,17). The molecular formula is C14H19FO2S. The highest BCUT2D eigenvalue weighted by atomic mass is 32.2. The predicted molar refractivity (Wildman–Crippen MR) is 72.4 cm³/mol. The molecule has 1 rings (SSSR count). The third kappa shape index (κ3) is 3.73. The Hall–Kier alpha value is -1.03. The number of carbonyl (C=O) groups is 1. The molecule has 0 unspecified atom stereocenters. The summed E-state index contributed by atoms with van der Waals surface area (Å²) < 4.78 is 12.1. The molecule has 0 aliphatic heterocycles. The Morgan fingerprint density at radius 1 is 1.22 bits per heavy atom. The zero-order valence-electron chi connectivity index (χ0n) is 10.8. The summed E-state index contributed by atoms with van der Waals surface area (Å²) >= 11 is 1.34. The van der Waals surface area contributed by atoms with Gasteiger partial charge in [0.2, 0.25) is 0 Å². The highest BCUT2D eigenvalue weighted by Crippen LogP contribution is 2.40. The zero-order valence-corrected chi connectivity index (χ0v) is 11.6. The van der Waals surface area contributed by atoms with Crippen LogP contribution in [0.2, 0.25) is 0 Å². The van der Waals surface area contributed by atoms with Gasteiger partial charge in [0.15, 0.2) is 0 Å². The minimum Gasteiger partial charge on any atom is -0.480 e. The molecule has 1 aromatic rings. The van der Waals surface area contributed by atoms with Gasteiger partial charge < -0.3 is 5.11 Å². The third-order valence-electron chi connectivity index (χ3n) is 2.82. The SMILES string of the molecule is CCCC(CCC)(Sc1ccc(F)cc1)C(=O)O. The van der Waals surface area contributed by atoms with Gasteiger partial charge in [0.1, 0.15) is 10.6 Å². The van der Waals surface area contributed by atoms with E-state index in [1.165, 1.54) is 23.9 Å². The lowest BCUT2D eigenvalue weighted by Gasteiger charge is -2.28. The summed E-state index contributed by atoms with van der Waals surface area (Å²) in [5, 5.41) is 9.51. The number of rotatable bonds is 7. The summed E-state index contributed by atoms with van der Waals surface area (Å²) in [4.78, 5) is 12.4. The predicted octanol–water partition coefficient (Wildman–Crippen LogP) is 4.34. The topological polar surface area (TPSA) is 37.3 Å². The van der Waals surface area contributed by atoms with E-state index in [0.717, 1.165) is 17.7 Å². The summed E-state index contributed by atoms with van der Waals surface area (Å²) in [5.41, 5.74) is 0. The van der Waals surface area contributed by atoms with Crippen molar-refractivity contribution in [2.24, 2.45) is 0 Å². The van der Waals surface area contributed by atoms with Crippen molar-refractivity contribution in [3.05, 3.63) is 30.1 Å². The maximum absolute atomic E-state index is 12.8. The van der Waals surface area contributed by atoms with Crippen LogP contribution in [0.15, 0.2) is 29.2 Å². The molecule has 0 fully saturated rings. The molecule has 0 aliphatic carbocycles. The van der Waals surface area contributed by atoms with Gasteiger partial charge in [-0.3, -0.25) is 4.79 Å². The van der Waals surface area contributed by atoms with E-state index >= 15 is 0 Å². The van der Waals surface area contributed by atoms with E-state index in [2.05, 4.69) is 0 Å². The second-order valence-electron chi connectivity index (χ2n) is 4.36. The van der Waals surface area contributed by atoms with E-state index in [1.54, 1.807) is 12.1 Å². The number of carboxylic acids is 1. The molecule has 4 heteroatoms. The number of benzene rings is 1. The number of hydrogen-bond donors (Lipinski definition) is 1. The summed E-state index contributed by atoms with van der Waals surface area (Å²) in [5.74, 6) is -1.08. The molecule has 1 N–H and O–H groups in total. The van der Waals surface area contributed by atoms with Gasteiger partial charge >= 0.3 is 5.97 Å². The molecule has 0 saturated carbocycles. The van der Waals surface area contributed by atoms with Gasteiger partial charge in [-0.1, -0.05) is 26.7 Å². The molecular weight excluding hydrogens is 251 g/mol. The van der Waals surface area contributed by atoms with Crippen molar-refractivity contribution in [2.45, 2.75) is 49.2 Å². The van der Waals surface area contributed by atoms with Crippen molar-refractivity contribution in [3.63, 3.8) is 0 Å². The smallest absolute Gasteiger partial charge is 0.320 e. The molecule has 0 amide bonds. The molecule has 0 heterocycles. The second kappa shape index (κ2) is 6.78.